The van der Waals surface area contributed by atoms with Crippen LogP contribution in [0, 0.1) is 0 Å². The van der Waals surface area contributed by atoms with Crippen molar-refractivity contribution in [2.45, 2.75) is 12.8 Å². The lowest BCUT2D eigenvalue weighted by atomic mass is 10.1. The molecule has 18 heavy (non-hydrogen) atoms. The van der Waals surface area contributed by atoms with Gasteiger partial charge in [0.1, 0.15) is 5.75 Å². The largest absolute Gasteiger partial charge is 0.493 e. The zero-order valence-corrected chi connectivity index (χ0v) is 10.4. The zero-order valence-electron chi connectivity index (χ0n) is 10.4. The Morgan fingerprint density at radius 3 is 2.72 bits per heavy atom. The van der Waals surface area contributed by atoms with E-state index in [0.29, 0.717) is 19.6 Å². The van der Waals surface area contributed by atoms with Crippen LogP contribution in [-0.4, -0.2) is 19.2 Å². The Morgan fingerprint density at radius 2 is 2.00 bits per heavy atom. The molecule has 1 aromatic rings. The van der Waals surface area contributed by atoms with Crippen molar-refractivity contribution in [3.8, 4) is 5.75 Å². The molecule has 0 radical (unpaired) electrons. The van der Waals surface area contributed by atoms with E-state index in [1.807, 2.05) is 30.3 Å². The van der Waals surface area contributed by atoms with Crippen molar-refractivity contribution in [2.75, 3.05) is 13.2 Å². The second-order valence-electron chi connectivity index (χ2n) is 3.67. The highest BCUT2D eigenvalue weighted by Crippen LogP contribution is 2.18. The summed E-state index contributed by atoms with van der Waals surface area (Å²) in [6.07, 6.45) is 4.43. The van der Waals surface area contributed by atoms with Crippen molar-refractivity contribution >= 4 is 5.97 Å². The van der Waals surface area contributed by atoms with Gasteiger partial charge in [0.2, 0.25) is 0 Å². The van der Waals surface area contributed by atoms with Crippen molar-refractivity contribution < 1.29 is 14.3 Å². The minimum absolute atomic E-state index is 0.342. The first-order valence-corrected chi connectivity index (χ1v) is 5.88. The molecular weight excluding hydrogens is 228 g/mol. The van der Waals surface area contributed by atoms with E-state index in [2.05, 4.69) is 13.2 Å². The van der Waals surface area contributed by atoms with E-state index < -0.39 is 5.97 Å². The number of para-hydroxylation sites is 1. The number of benzene rings is 1. The topological polar surface area (TPSA) is 35.5 Å². The average molecular weight is 246 g/mol. The summed E-state index contributed by atoms with van der Waals surface area (Å²) in [5.41, 5.74) is 1.11. The number of allylic oxidation sites excluding steroid dienone is 1. The van der Waals surface area contributed by atoms with Gasteiger partial charge in [0.25, 0.3) is 0 Å². The first-order valence-electron chi connectivity index (χ1n) is 5.88. The molecule has 0 heterocycles. The Bertz CT molecular complexity index is 410. The van der Waals surface area contributed by atoms with E-state index in [1.54, 1.807) is 0 Å². The third-order valence-corrected chi connectivity index (χ3v) is 2.29. The van der Waals surface area contributed by atoms with Crippen molar-refractivity contribution in [3.05, 3.63) is 55.1 Å². The molecule has 0 spiro atoms. The number of esters is 1. The fourth-order valence-corrected chi connectivity index (χ4v) is 1.44. The Morgan fingerprint density at radius 1 is 1.22 bits per heavy atom. The van der Waals surface area contributed by atoms with Crippen LogP contribution in [0.15, 0.2) is 49.6 Å². The van der Waals surface area contributed by atoms with Gasteiger partial charge in [-0.2, -0.15) is 0 Å². The molecule has 0 aliphatic heterocycles. The molecule has 0 saturated heterocycles. The van der Waals surface area contributed by atoms with Crippen LogP contribution in [0.3, 0.4) is 0 Å². The molecule has 0 saturated carbocycles. The number of rotatable bonds is 8. The summed E-state index contributed by atoms with van der Waals surface area (Å²) in [7, 11) is 0. The minimum atomic E-state index is -0.401. The van der Waals surface area contributed by atoms with Crippen LogP contribution in [0.1, 0.15) is 12.0 Å². The van der Waals surface area contributed by atoms with Crippen LogP contribution in [0.5, 0.6) is 5.75 Å². The normalized spacial score (nSPS) is 9.56. The second-order valence-corrected chi connectivity index (χ2v) is 3.67. The molecule has 0 amide bonds. The van der Waals surface area contributed by atoms with Gasteiger partial charge in [-0.25, -0.2) is 4.79 Å². The standard InChI is InChI=1S/C15H18O3/c1-3-8-13-9-5-6-10-14(13)17-11-7-12-18-15(16)4-2/h3-6,9-10H,1-2,7-8,11-12H2. The number of hydrogen-bond acceptors (Lipinski definition) is 3. The second kappa shape index (κ2) is 8.12. The Balaban J connectivity index is 2.32. The van der Waals surface area contributed by atoms with Crippen molar-refractivity contribution in [3.63, 3.8) is 0 Å². The lowest BCUT2D eigenvalue weighted by Crippen LogP contribution is -2.07. The van der Waals surface area contributed by atoms with Crippen LogP contribution in [-0.2, 0) is 16.0 Å². The number of carbonyl (C=O) groups is 1. The number of ether oxygens (including phenoxy) is 2. The third-order valence-electron chi connectivity index (χ3n) is 2.29. The quantitative estimate of drug-likeness (QED) is 0.306. The van der Waals surface area contributed by atoms with Gasteiger partial charge in [0, 0.05) is 12.5 Å². The molecular formula is C15H18O3. The van der Waals surface area contributed by atoms with Gasteiger partial charge in [0.15, 0.2) is 0 Å². The summed E-state index contributed by atoms with van der Waals surface area (Å²) in [6.45, 7) is 7.89. The lowest BCUT2D eigenvalue weighted by molar-refractivity contribution is -0.137. The van der Waals surface area contributed by atoms with E-state index in [4.69, 9.17) is 9.47 Å². The molecule has 0 atom stereocenters. The van der Waals surface area contributed by atoms with Gasteiger partial charge in [-0.15, -0.1) is 6.58 Å². The third kappa shape index (κ3) is 4.87. The molecule has 0 aliphatic rings. The minimum Gasteiger partial charge on any atom is -0.493 e. The van der Waals surface area contributed by atoms with E-state index in [9.17, 15) is 4.79 Å². The fraction of sp³-hybridized carbons (Fsp3) is 0.267. The molecule has 0 unspecified atom stereocenters. The average Bonchev–Trinajstić information content (AvgIpc) is 2.40. The van der Waals surface area contributed by atoms with E-state index in [0.717, 1.165) is 23.8 Å². The molecule has 0 bridgehead atoms. The predicted octanol–water partition coefficient (Wildman–Crippen LogP) is 2.91. The summed E-state index contributed by atoms with van der Waals surface area (Å²) >= 11 is 0. The molecule has 0 aliphatic carbocycles. The van der Waals surface area contributed by atoms with Crippen molar-refractivity contribution in [2.24, 2.45) is 0 Å². The zero-order chi connectivity index (χ0) is 13.2. The van der Waals surface area contributed by atoms with Crippen molar-refractivity contribution in [1.82, 2.24) is 0 Å². The molecule has 96 valence electrons. The summed E-state index contributed by atoms with van der Waals surface area (Å²) in [5, 5.41) is 0. The predicted molar refractivity (Wildman–Crippen MR) is 71.6 cm³/mol. The van der Waals surface area contributed by atoms with Gasteiger partial charge >= 0.3 is 5.97 Å². The highest BCUT2D eigenvalue weighted by atomic mass is 16.5. The molecule has 1 aromatic carbocycles. The first-order chi connectivity index (χ1) is 8.77. The summed E-state index contributed by atoms with van der Waals surface area (Å²) < 4.78 is 10.5. The van der Waals surface area contributed by atoms with Crippen LogP contribution >= 0.6 is 0 Å². The summed E-state index contributed by atoms with van der Waals surface area (Å²) in [4.78, 5) is 10.8. The molecule has 3 nitrogen and oxygen atoms in total. The number of carbonyl (C=O) groups excluding carboxylic acids is 1. The molecule has 1 rings (SSSR count). The Hall–Kier alpha value is -2.03. The van der Waals surface area contributed by atoms with Gasteiger partial charge in [-0.05, 0) is 18.1 Å². The van der Waals surface area contributed by atoms with Gasteiger partial charge < -0.3 is 9.47 Å². The number of hydrogen-bond donors (Lipinski definition) is 0. The maximum atomic E-state index is 10.8. The van der Waals surface area contributed by atoms with E-state index in [-0.39, 0.29) is 0 Å². The molecule has 0 aromatic heterocycles. The van der Waals surface area contributed by atoms with E-state index in [1.165, 1.54) is 0 Å². The monoisotopic (exact) mass is 246 g/mol. The smallest absolute Gasteiger partial charge is 0.330 e. The fourth-order valence-electron chi connectivity index (χ4n) is 1.44. The maximum Gasteiger partial charge on any atom is 0.330 e. The summed E-state index contributed by atoms with van der Waals surface area (Å²) in [6, 6.07) is 7.83. The molecule has 0 fully saturated rings. The van der Waals surface area contributed by atoms with E-state index >= 15 is 0 Å². The van der Waals surface area contributed by atoms with Gasteiger partial charge in [-0.1, -0.05) is 30.9 Å². The van der Waals surface area contributed by atoms with Gasteiger partial charge in [0.05, 0.1) is 13.2 Å². The highest BCUT2D eigenvalue weighted by Gasteiger charge is 2.01. The van der Waals surface area contributed by atoms with Crippen LogP contribution in [0.25, 0.3) is 0 Å². The maximum absolute atomic E-state index is 10.8. The molecule has 0 N–H and O–H groups in total. The Labute approximate surface area is 108 Å². The Kier molecular flexibility index (Phi) is 6.33. The van der Waals surface area contributed by atoms with Crippen LogP contribution in [0.2, 0.25) is 0 Å². The van der Waals surface area contributed by atoms with Crippen molar-refractivity contribution in [1.29, 1.82) is 0 Å². The highest BCUT2D eigenvalue weighted by molar-refractivity contribution is 5.81. The lowest BCUT2D eigenvalue weighted by Gasteiger charge is -2.10. The van der Waals surface area contributed by atoms with Crippen LogP contribution in [0.4, 0.5) is 0 Å². The first kappa shape index (κ1) is 14.0. The summed E-state index contributed by atoms with van der Waals surface area (Å²) in [5.74, 6) is 0.453. The van der Waals surface area contributed by atoms with Crippen LogP contribution < -0.4 is 4.74 Å². The SMILES string of the molecule is C=CCc1ccccc1OCCCOC(=O)C=C. The van der Waals surface area contributed by atoms with Gasteiger partial charge in [-0.3, -0.25) is 0 Å². The molecule has 3 heteroatoms.